The topological polar surface area (TPSA) is 35.5 Å². The van der Waals surface area contributed by atoms with Crippen LogP contribution < -0.4 is 5.32 Å². The molecule has 16 heavy (non-hydrogen) atoms. The zero-order valence-corrected chi connectivity index (χ0v) is 10.5. The van der Waals surface area contributed by atoms with Crippen LogP contribution in [-0.4, -0.2) is 48.3 Å². The van der Waals surface area contributed by atoms with Gasteiger partial charge in [-0.05, 0) is 32.7 Å². The van der Waals surface area contributed by atoms with Crippen LogP contribution in [0, 0.1) is 0 Å². The van der Waals surface area contributed by atoms with Crippen molar-refractivity contribution in [2.75, 3.05) is 20.1 Å². The predicted molar refractivity (Wildman–Crippen MR) is 66.5 cm³/mol. The third-order valence-electron chi connectivity index (χ3n) is 3.92. The van der Waals surface area contributed by atoms with Gasteiger partial charge in [0.2, 0.25) is 0 Å². The molecule has 0 bridgehead atoms. The highest BCUT2D eigenvalue weighted by atomic mass is 16.3. The second-order valence-electron chi connectivity index (χ2n) is 5.57. The van der Waals surface area contributed by atoms with Crippen molar-refractivity contribution < 1.29 is 5.11 Å². The molecule has 0 aromatic carbocycles. The molecule has 2 aliphatic carbocycles. The van der Waals surface area contributed by atoms with Gasteiger partial charge in [0.25, 0.3) is 0 Å². The molecule has 0 amide bonds. The zero-order valence-electron chi connectivity index (χ0n) is 10.5. The Labute approximate surface area is 99.2 Å². The summed E-state index contributed by atoms with van der Waals surface area (Å²) < 4.78 is 0. The molecule has 0 aromatic rings. The first-order valence-electron chi connectivity index (χ1n) is 6.87. The van der Waals surface area contributed by atoms with Crippen molar-refractivity contribution in [1.29, 1.82) is 0 Å². The third-order valence-corrected chi connectivity index (χ3v) is 3.92. The van der Waals surface area contributed by atoms with Gasteiger partial charge in [-0.25, -0.2) is 0 Å². The van der Waals surface area contributed by atoms with Gasteiger partial charge in [-0.3, -0.25) is 0 Å². The minimum Gasteiger partial charge on any atom is -0.390 e. The van der Waals surface area contributed by atoms with Crippen LogP contribution in [0.4, 0.5) is 0 Å². The van der Waals surface area contributed by atoms with Gasteiger partial charge in [-0.15, -0.1) is 0 Å². The largest absolute Gasteiger partial charge is 0.390 e. The van der Waals surface area contributed by atoms with E-state index in [0.29, 0.717) is 12.1 Å². The van der Waals surface area contributed by atoms with Crippen molar-refractivity contribution in [3.8, 4) is 0 Å². The molecule has 0 saturated heterocycles. The number of hydrogen-bond acceptors (Lipinski definition) is 3. The maximum absolute atomic E-state index is 9.92. The van der Waals surface area contributed by atoms with Crippen molar-refractivity contribution in [3.63, 3.8) is 0 Å². The van der Waals surface area contributed by atoms with Crippen molar-refractivity contribution in [3.05, 3.63) is 0 Å². The van der Waals surface area contributed by atoms with E-state index in [1.807, 2.05) is 0 Å². The molecule has 2 N–H and O–H groups in total. The highest BCUT2D eigenvalue weighted by molar-refractivity contribution is 4.83. The monoisotopic (exact) mass is 226 g/mol. The van der Waals surface area contributed by atoms with E-state index in [1.165, 1.54) is 44.9 Å². The SMILES string of the molecule is CN(C[C@H](O)CNC1CC1)C1CCCCC1. The fourth-order valence-corrected chi connectivity index (χ4v) is 2.66. The lowest BCUT2D eigenvalue weighted by molar-refractivity contribution is 0.0904. The number of likely N-dealkylation sites (N-methyl/N-ethyl adjacent to an activating group) is 1. The van der Waals surface area contributed by atoms with Crippen molar-refractivity contribution >= 4 is 0 Å². The molecule has 2 fully saturated rings. The van der Waals surface area contributed by atoms with E-state index in [1.54, 1.807) is 0 Å². The van der Waals surface area contributed by atoms with E-state index in [9.17, 15) is 5.11 Å². The van der Waals surface area contributed by atoms with Crippen molar-refractivity contribution in [2.24, 2.45) is 0 Å². The van der Waals surface area contributed by atoms with E-state index >= 15 is 0 Å². The minimum absolute atomic E-state index is 0.201. The van der Waals surface area contributed by atoms with Crippen molar-refractivity contribution in [1.82, 2.24) is 10.2 Å². The lowest BCUT2D eigenvalue weighted by Crippen LogP contribution is -2.42. The number of hydrogen-bond donors (Lipinski definition) is 2. The van der Waals surface area contributed by atoms with Gasteiger partial charge < -0.3 is 15.3 Å². The van der Waals surface area contributed by atoms with Crippen LogP contribution >= 0.6 is 0 Å². The number of nitrogens with one attached hydrogen (secondary N) is 1. The molecule has 1 atom stereocenters. The first-order valence-corrected chi connectivity index (χ1v) is 6.87. The average molecular weight is 226 g/mol. The lowest BCUT2D eigenvalue weighted by Gasteiger charge is -2.32. The highest BCUT2D eigenvalue weighted by Crippen LogP contribution is 2.22. The molecule has 3 nitrogen and oxygen atoms in total. The third kappa shape index (κ3) is 4.04. The molecule has 0 radical (unpaired) electrons. The summed E-state index contributed by atoms with van der Waals surface area (Å²) >= 11 is 0. The molecule has 2 rings (SSSR count). The minimum atomic E-state index is -0.201. The molecule has 0 spiro atoms. The molecule has 0 aromatic heterocycles. The summed E-state index contributed by atoms with van der Waals surface area (Å²) in [6.45, 7) is 1.59. The fraction of sp³-hybridized carbons (Fsp3) is 1.00. The number of aliphatic hydroxyl groups excluding tert-OH is 1. The second-order valence-corrected chi connectivity index (χ2v) is 5.57. The smallest absolute Gasteiger partial charge is 0.0791 e. The molecular weight excluding hydrogens is 200 g/mol. The number of rotatable bonds is 6. The van der Waals surface area contributed by atoms with Gasteiger partial charge in [0, 0.05) is 25.2 Å². The van der Waals surface area contributed by atoms with Crippen LogP contribution in [0.2, 0.25) is 0 Å². The van der Waals surface area contributed by atoms with E-state index in [2.05, 4.69) is 17.3 Å². The molecule has 0 heterocycles. The summed E-state index contributed by atoms with van der Waals surface area (Å²) in [6.07, 6.45) is 9.16. The van der Waals surface area contributed by atoms with Crippen LogP contribution in [0.5, 0.6) is 0 Å². The predicted octanol–water partition coefficient (Wildman–Crippen LogP) is 1.36. The van der Waals surface area contributed by atoms with E-state index in [-0.39, 0.29) is 6.10 Å². The normalized spacial score (nSPS) is 24.9. The van der Waals surface area contributed by atoms with Crippen LogP contribution in [0.3, 0.4) is 0 Å². The maximum Gasteiger partial charge on any atom is 0.0791 e. The first-order chi connectivity index (χ1) is 7.75. The van der Waals surface area contributed by atoms with Gasteiger partial charge >= 0.3 is 0 Å². The van der Waals surface area contributed by atoms with Gasteiger partial charge in [-0.2, -0.15) is 0 Å². The van der Waals surface area contributed by atoms with Gasteiger partial charge in [0.1, 0.15) is 0 Å². The van der Waals surface area contributed by atoms with E-state index in [0.717, 1.165) is 13.1 Å². The quantitative estimate of drug-likeness (QED) is 0.718. The Morgan fingerprint density at radius 2 is 1.88 bits per heavy atom. The highest BCUT2D eigenvalue weighted by Gasteiger charge is 2.23. The Balaban J connectivity index is 1.61. The molecule has 3 heteroatoms. The Bertz CT molecular complexity index is 200. The summed E-state index contributed by atoms with van der Waals surface area (Å²) in [6, 6.07) is 1.42. The fourth-order valence-electron chi connectivity index (χ4n) is 2.66. The molecule has 2 saturated carbocycles. The van der Waals surface area contributed by atoms with Gasteiger partial charge in [-0.1, -0.05) is 19.3 Å². The summed E-state index contributed by atoms with van der Waals surface area (Å²) in [4.78, 5) is 2.36. The molecule has 2 aliphatic rings. The molecule has 94 valence electrons. The average Bonchev–Trinajstić information content (AvgIpc) is 3.11. The lowest BCUT2D eigenvalue weighted by atomic mass is 9.94. The van der Waals surface area contributed by atoms with Crippen LogP contribution in [0.15, 0.2) is 0 Å². The Morgan fingerprint density at radius 3 is 2.50 bits per heavy atom. The van der Waals surface area contributed by atoms with Crippen LogP contribution in [0.1, 0.15) is 44.9 Å². The summed E-state index contributed by atoms with van der Waals surface area (Å²) in [5, 5.41) is 13.3. The molecular formula is C13H26N2O. The van der Waals surface area contributed by atoms with Crippen molar-refractivity contribution in [2.45, 2.75) is 63.1 Å². The Morgan fingerprint density at radius 1 is 1.19 bits per heavy atom. The van der Waals surface area contributed by atoms with Gasteiger partial charge in [0.15, 0.2) is 0 Å². The summed E-state index contributed by atoms with van der Waals surface area (Å²) in [7, 11) is 2.16. The van der Waals surface area contributed by atoms with Crippen LogP contribution in [-0.2, 0) is 0 Å². The standard InChI is InChI=1S/C13H26N2O/c1-15(12-5-3-2-4-6-12)10-13(16)9-14-11-7-8-11/h11-14,16H,2-10H2,1H3/t13-/m1/s1. The maximum atomic E-state index is 9.92. The molecule has 0 aliphatic heterocycles. The van der Waals surface area contributed by atoms with E-state index in [4.69, 9.17) is 0 Å². The second kappa shape index (κ2) is 5.99. The first kappa shape index (κ1) is 12.3. The zero-order chi connectivity index (χ0) is 11.4. The summed E-state index contributed by atoms with van der Waals surface area (Å²) in [5.41, 5.74) is 0. The molecule has 0 unspecified atom stereocenters. The number of aliphatic hydroxyl groups is 1. The van der Waals surface area contributed by atoms with Crippen LogP contribution in [0.25, 0.3) is 0 Å². The summed E-state index contributed by atoms with van der Waals surface area (Å²) in [5.74, 6) is 0. The number of nitrogens with zero attached hydrogens (tertiary/aromatic N) is 1. The Kier molecular flexibility index (Phi) is 4.62. The van der Waals surface area contributed by atoms with E-state index < -0.39 is 0 Å². The van der Waals surface area contributed by atoms with Gasteiger partial charge in [0.05, 0.1) is 6.10 Å². The Hall–Kier alpha value is -0.120.